The van der Waals surface area contributed by atoms with Gasteiger partial charge in [0.1, 0.15) is 23.3 Å². The molecule has 0 fully saturated rings. The van der Waals surface area contributed by atoms with E-state index < -0.39 is 65.9 Å². The number of nitrogens with two attached hydrogens (primary N) is 1. The molecule has 0 bridgehead atoms. The normalized spacial score (nSPS) is 13.8. The second-order valence-corrected chi connectivity index (χ2v) is 17.6. The number of aliphatic hydroxyl groups is 4. The molecule has 8 N–H and O–H groups in total. The predicted octanol–water partition coefficient (Wildman–Crippen LogP) is 7.01. The molecule has 3 heterocycles. The number of nitrogens with one attached hydrogen (secondary N) is 1. The smallest absolute Gasteiger partial charge is 0.309 e. The quantitative estimate of drug-likeness (QED) is 0.0282. The van der Waals surface area contributed by atoms with Gasteiger partial charge in [-0.2, -0.15) is 0 Å². The molecule has 3 aromatic carbocycles. The monoisotopic (exact) mass is 981 g/mol. The van der Waals surface area contributed by atoms with E-state index >= 15 is 0 Å². The molecule has 378 valence electrons. The van der Waals surface area contributed by atoms with E-state index in [1.54, 1.807) is 42.5 Å². The first-order valence-electron chi connectivity index (χ1n) is 23.5. The summed E-state index contributed by atoms with van der Waals surface area (Å²) in [5.74, 6) is -6.28. The average Bonchev–Trinajstić information content (AvgIpc) is 3.36. The molecule has 72 heavy (non-hydrogen) atoms. The number of benzene rings is 3. The molecule has 2 amide bonds. The number of amides is 2. The molecule has 16 nitrogen and oxygen atoms in total. The summed E-state index contributed by atoms with van der Waals surface area (Å²) in [5.41, 5.74) is 10.6. The van der Waals surface area contributed by atoms with Gasteiger partial charge in [-0.25, -0.2) is 15.0 Å². The number of carbonyl (C=O) groups excluding carboxylic acids is 5. The Morgan fingerprint density at radius 1 is 0.458 bits per heavy atom. The van der Waals surface area contributed by atoms with Crippen LogP contribution >= 0.6 is 0 Å². The van der Waals surface area contributed by atoms with E-state index in [9.17, 15) is 49.2 Å². The van der Waals surface area contributed by atoms with E-state index in [-0.39, 0.29) is 53.8 Å². The number of carboxylic acids is 1. The largest absolute Gasteiger partial charge is 0.481 e. The fourth-order valence-electron chi connectivity index (χ4n) is 7.22. The first-order valence-corrected chi connectivity index (χ1v) is 23.5. The Balaban J connectivity index is 0.000000237. The third kappa shape index (κ3) is 18.0. The molecule has 0 aliphatic rings. The SMILES string of the molecule is CC(C)CC(O)NC(=O)[C@@H](CC(=O)c1cccc(-c2ccccc2)n1)[C@@H](C)O.C[C@@H](O)[C@H](CC(=O)c1cccc(-c2ccccc2)n1)C(=O)O.C[C@@H](O)[C@H](CC(=O)c1cccc(-c2ccccc2)n1)C(N)=O. The minimum absolute atomic E-state index is 0.155. The number of Topliss-reactive ketones (excluding diaryl/α,β-unsaturated/α-hetero) is 3. The molecule has 7 atom stereocenters. The lowest BCUT2D eigenvalue weighted by atomic mass is 9.94. The summed E-state index contributed by atoms with van der Waals surface area (Å²) >= 11 is 0. The van der Waals surface area contributed by atoms with Gasteiger partial charge < -0.3 is 36.6 Å². The second-order valence-electron chi connectivity index (χ2n) is 17.6. The Kier molecular flexibility index (Phi) is 22.4. The van der Waals surface area contributed by atoms with Crippen molar-refractivity contribution in [3.8, 4) is 33.8 Å². The zero-order chi connectivity index (χ0) is 52.9. The van der Waals surface area contributed by atoms with Crippen LogP contribution in [0.4, 0.5) is 0 Å². The van der Waals surface area contributed by atoms with Crippen LogP contribution < -0.4 is 11.1 Å². The molecule has 0 aliphatic heterocycles. The Bertz CT molecular complexity index is 2600. The van der Waals surface area contributed by atoms with Crippen LogP contribution in [-0.4, -0.2) is 100 Å². The van der Waals surface area contributed by atoms with Crippen molar-refractivity contribution >= 4 is 35.1 Å². The van der Waals surface area contributed by atoms with Crippen LogP contribution in [0, 0.1) is 23.7 Å². The van der Waals surface area contributed by atoms with Crippen molar-refractivity contribution in [2.75, 3.05) is 0 Å². The molecule has 1 unspecified atom stereocenters. The van der Waals surface area contributed by atoms with Gasteiger partial charge in [0.05, 0.1) is 53.1 Å². The second kappa shape index (κ2) is 28.3. The van der Waals surface area contributed by atoms with Crippen molar-refractivity contribution in [1.29, 1.82) is 0 Å². The lowest BCUT2D eigenvalue weighted by Gasteiger charge is -2.22. The van der Waals surface area contributed by atoms with Gasteiger partial charge in [-0.15, -0.1) is 0 Å². The molecule has 0 spiro atoms. The number of carboxylic acid groups (broad SMARTS) is 1. The number of rotatable bonds is 21. The van der Waals surface area contributed by atoms with Gasteiger partial charge in [0.15, 0.2) is 17.3 Å². The van der Waals surface area contributed by atoms with Gasteiger partial charge in [0.25, 0.3) is 0 Å². The topological polar surface area (TPSA) is 280 Å². The summed E-state index contributed by atoms with van der Waals surface area (Å²) in [6.45, 7) is 8.11. The highest BCUT2D eigenvalue weighted by Gasteiger charge is 2.30. The van der Waals surface area contributed by atoms with Crippen molar-refractivity contribution in [3.63, 3.8) is 0 Å². The zero-order valence-corrected chi connectivity index (χ0v) is 40.9. The third-order valence-electron chi connectivity index (χ3n) is 11.3. The molecule has 16 heteroatoms. The van der Waals surface area contributed by atoms with Crippen LogP contribution in [0.25, 0.3) is 33.8 Å². The maximum Gasteiger partial charge on any atom is 0.309 e. The van der Waals surface area contributed by atoms with Gasteiger partial charge in [-0.1, -0.05) is 123 Å². The number of aromatic nitrogens is 3. The van der Waals surface area contributed by atoms with Crippen LogP contribution in [-0.2, 0) is 14.4 Å². The lowest BCUT2D eigenvalue weighted by molar-refractivity contribution is -0.145. The van der Waals surface area contributed by atoms with Crippen molar-refractivity contribution in [2.45, 2.75) is 84.8 Å². The summed E-state index contributed by atoms with van der Waals surface area (Å²) in [5, 5.41) is 50.4. The molecule has 0 radical (unpaired) electrons. The number of aliphatic hydroxyl groups excluding tert-OH is 4. The fraction of sp³-hybridized carbons (Fsp3) is 0.304. The molecule has 6 rings (SSSR count). The number of carbonyl (C=O) groups is 6. The van der Waals surface area contributed by atoms with Crippen LogP contribution in [0.15, 0.2) is 146 Å². The molecular formula is C56H63N5O11. The Labute approximate surface area is 419 Å². The van der Waals surface area contributed by atoms with Crippen molar-refractivity contribution < 1.29 is 54.3 Å². The van der Waals surface area contributed by atoms with E-state index in [0.717, 1.165) is 16.7 Å². The van der Waals surface area contributed by atoms with Crippen molar-refractivity contribution in [3.05, 3.63) is 163 Å². The van der Waals surface area contributed by atoms with Crippen LogP contribution in [0.5, 0.6) is 0 Å². The number of hydrogen-bond donors (Lipinski definition) is 7. The summed E-state index contributed by atoms with van der Waals surface area (Å²) in [6, 6.07) is 43.7. The van der Waals surface area contributed by atoms with Crippen molar-refractivity contribution in [2.24, 2.45) is 29.4 Å². The highest BCUT2D eigenvalue weighted by atomic mass is 16.4. The molecule has 0 saturated carbocycles. The number of pyridine rings is 3. The van der Waals surface area contributed by atoms with E-state index in [0.29, 0.717) is 23.5 Å². The predicted molar refractivity (Wildman–Crippen MR) is 272 cm³/mol. The summed E-state index contributed by atoms with van der Waals surface area (Å²) < 4.78 is 0. The molecular weight excluding hydrogens is 919 g/mol. The Hall–Kier alpha value is -7.63. The van der Waals surface area contributed by atoms with Gasteiger partial charge in [-0.3, -0.25) is 28.8 Å². The molecule has 0 saturated heterocycles. The maximum absolute atomic E-state index is 12.7. The summed E-state index contributed by atoms with van der Waals surface area (Å²) in [4.78, 5) is 85.0. The first-order chi connectivity index (χ1) is 34.2. The van der Waals surface area contributed by atoms with Crippen LogP contribution in [0.2, 0.25) is 0 Å². The van der Waals surface area contributed by atoms with Crippen molar-refractivity contribution in [1.82, 2.24) is 20.3 Å². The van der Waals surface area contributed by atoms with Gasteiger partial charge >= 0.3 is 5.97 Å². The number of ketones is 3. The lowest BCUT2D eigenvalue weighted by Crippen LogP contribution is -2.43. The average molecular weight is 982 g/mol. The summed E-state index contributed by atoms with van der Waals surface area (Å²) in [7, 11) is 0. The van der Waals surface area contributed by atoms with E-state index in [1.807, 2.05) is 117 Å². The van der Waals surface area contributed by atoms with Gasteiger partial charge in [-0.05, 0) is 69.5 Å². The standard InChI is InChI=1S/C22H28N2O4.C17H18N2O3.C17H17NO4/c1-14(2)12-21(27)24-22(28)17(15(3)25)13-20(26)19-11-7-10-18(23-19)16-8-5-4-6-9-16;1-11(20)13(17(18)22)10-16(21)15-9-5-8-14(19-15)12-6-3-2-4-7-12;1-11(19)13(17(21)22)10-16(20)15-9-5-8-14(18-15)12-6-3-2-4-7-12/h4-11,14-15,17,21,25,27H,12-13H2,1-3H3,(H,24,28);2-9,11,13,20H,10H2,1H3,(H2,18,22);2-9,11,13,19H,10H2,1H3,(H,21,22)/t15-,17+,21?;2*11-,13+/m111/s1. The van der Waals surface area contributed by atoms with Crippen LogP contribution in [0.3, 0.4) is 0 Å². The fourth-order valence-corrected chi connectivity index (χ4v) is 7.22. The Morgan fingerprint density at radius 3 is 1.07 bits per heavy atom. The molecule has 3 aromatic heterocycles. The van der Waals surface area contributed by atoms with E-state index in [4.69, 9.17) is 10.8 Å². The Morgan fingerprint density at radius 2 is 0.778 bits per heavy atom. The van der Waals surface area contributed by atoms with Gasteiger partial charge in [0, 0.05) is 36.0 Å². The zero-order valence-electron chi connectivity index (χ0n) is 40.9. The minimum Gasteiger partial charge on any atom is -0.481 e. The number of primary amides is 1. The first kappa shape index (κ1) is 57.0. The molecule has 6 aromatic rings. The highest BCUT2D eigenvalue weighted by Crippen LogP contribution is 2.22. The van der Waals surface area contributed by atoms with E-state index in [2.05, 4.69) is 20.3 Å². The number of aliphatic carboxylic acids is 1. The van der Waals surface area contributed by atoms with E-state index in [1.165, 1.54) is 20.8 Å². The molecule has 0 aliphatic carbocycles. The number of nitrogens with zero attached hydrogens (tertiary/aromatic N) is 3. The van der Waals surface area contributed by atoms with Crippen LogP contribution in [0.1, 0.15) is 91.8 Å². The number of hydrogen-bond acceptors (Lipinski definition) is 13. The maximum atomic E-state index is 12.7. The third-order valence-corrected chi connectivity index (χ3v) is 11.3. The minimum atomic E-state index is -1.19. The highest BCUT2D eigenvalue weighted by molar-refractivity contribution is 5.99. The van der Waals surface area contributed by atoms with Gasteiger partial charge in [0.2, 0.25) is 11.8 Å². The summed E-state index contributed by atoms with van der Waals surface area (Å²) in [6.07, 6.45) is -4.35.